The number of benzene rings is 1. The number of halogens is 3. The molecule has 2 rings (SSSR count). The summed E-state index contributed by atoms with van der Waals surface area (Å²) < 4.78 is 27.2. The summed E-state index contributed by atoms with van der Waals surface area (Å²) >= 11 is 6.10. The second-order valence-electron chi connectivity index (χ2n) is 5.67. The Balaban J connectivity index is 2.07. The van der Waals surface area contributed by atoms with E-state index in [-0.39, 0.29) is 17.6 Å². The van der Waals surface area contributed by atoms with Crippen molar-refractivity contribution in [3.8, 4) is 0 Å². The van der Waals surface area contributed by atoms with Crippen LogP contribution in [0.2, 0.25) is 0 Å². The van der Waals surface area contributed by atoms with E-state index >= 15 is 0 Å². The molecule has 0 saturated heterocycles. The third-order valence-corrected chi connectivity index (χ3v) is 4.56. The van der Waals surface area contributed by atoms with Gasteiger partial charge in [0, 0.05) is 23.5 Å². The largest absolute Gasteiger partial charge is 0.306 e. The zero-order valence-electron chi connectivity index (χ0n) is 11.2. The lowest BCUT2D eigenvalue weighted by Crippen LogP contribution is -2.49. The van der Waals surface area contributed by atoms with E-state index in [1.54, 1.807) is 0 Å². The Hall–Kier alpha value is -0.670. The summed E-state index contributed by atoms with van der Waals surface area (Å²) in [6.07, 6.45) is 4.25. The molecule has 0 bridgehead atoms. The van der Waals surface area contributed by atoms with Crippen molar-refractivity contribution in [2.24, 2.45) is 5.92 Å². The van der Waals surface area contributed by atoms with Crippen molar-refractivity contribution in [2.75, 3.05) is 5.88 Å². The van der Waals surface area contributed by atoms with Crippen LogP contribution in [0, 0.1) is 17.6 Å². The molecule has 1 N–H and O–H groups in total. The Morgan fingerprint density at radius 1 is 1.37 bits per heavy atom. The average molecular weight is 288 g/mol. The van der Waals surface area contributed by atoms with E-state index in [2.05, 4.69) is 12.2 Å². The molecule has 1 nitrogen and oxygen atoms in total. The van der Waals surface area contributed by atoms with Gasteiger partial charge in [-0.3, -0.25) is 0 Å². The van der Waals surface area contributed by atoms with E-state index in [0.29, 0.717) is 11.8 Å². The maximum absolute atomic E-state index is 13.6. The van der Waals surface area contributed by atoms with Crippen molar-refractivity contribution in [3.63, 3.8) is 0 Å². The molecule has 1 fully saturated rings. The van der Waals surface area contributed by atoms with Crippen molar-refractivity contribution in [1.82, 2.24) is 5.32 Å². The summed E-state index contributed by atoms with van der Waals surface area (Å²) in [4.78, 5) is 0. The van der Waals surface area contributed by atoms with E-state index in [0.717, 1.165) is 19.3 Å². The van der Waals surface area contributed by atoms with Crippen LogP contribution in [0.1, 0.15) is 38.2 Å². The van der Waals surface area contributed by atoms with E-state index in [4.69, 9.17) is 11.6 Å². The highest BCUT2D eigenvalue weighted by atomic mass is 35.5. The zero-order valence-corrected chi connectivity index (χ0v) is 11.9. The molecule has 1 aliphatic rings. The molecule has 0 aliphatic heterocycles. The molecule has 2 atom stereocenters. The van der Waals surface area contributed by atoms with Crippen LogP contribution in [0.5, 0.6) is 0 Å². The van der Waals surface area contributed by atoms with Crippen LogP contribution in [0.15, 0.2) is 18.2 Å². The average Bonchev–Trinajstić information content (AvgIpc) is 2.38. The highest BCUT2D eigenvalue weighted by molar-refractivity contribution is 6.18. The number of hydrogen-bond donors (Lipinski definition) is 1. The van der Waals surface area contributed by atoms with Gasteiger partial charge in [-0.1, -0.05) is 25.8 Å². The van der Waals surface area contributed by atoms with Crippen LogP contribution in [0.3, 0.4) is 0 Å². The first-order valence-corrected chi connectivity index (χ1v) is 7.34. The first kappa shape index (κ1) is 14.7. The Kier molecular flexibility index (Phi) is 4.80. The molecule has 0 heterocycles. The van der Waals surface area contributed by atoms with Crippen LogP contribution in [0.4, 0.5) is 8.78 Å². The van der Waals surface area contributed by atoms with Gasteiger partial charge in [0.1, 0.15) is 11.6 Å². The van der Waals surface area contributed by atoms with Crippen molar-refractivity contribution in [3.05, 3.63) is 35.4 Å². The summed E-state index contributed by atoms with van der Waals surface area (Å²) in [6, 6.07) is 3.96. The Morgan fingerprint density at radius 3 is 2.63 bits per heavy atom. The molecule has 19 heavy (non-hydrogen) atoms. The quantitative estimate of drug-likeness (QED) is 0.817. The lowest BCUT2D eigenvalue weighted by atomic mass is 9.77. The van der Waals surface area contributed by atoms with Gasteiger partial charge in [-0.05, 0) is 30.9 Å². The summed E-state index contributed by atoms with van der Waals surface area (Å²) in [5.41, 5.74) is -0.0845. The summed E-state index contributed by atoms with van der Waals surface area (Å²) in [5, 5.41) is 3.30. The van der Waals surface area contributed by atoms with E-state index in [1.165, 1.54) is 24.6 Å². The number of nitrogens with one attached hydrogen (secondary N) is 1. The van der Waals surface area contributed by atoms with Crippen LogP contribution in [-0.4, -0.2) is 11.4 Å². The normalized spacial score (nSPS) is 27.5. The Labute approximate surface area is 118 Å². The van der Waals surface area contributed by atoms with Gasteiger partial charge < -0.3 is 5.32 Å². The smallest absolute Gasteiger partial charge is 0.130 e. The van der Waals surface area contributed by atoms with E-state index in [9.17, 15) is 8.78 Å². The van der Waals surface area contributed by atoms with Crippen molar-refractivity contribution >= 4 is 11.6 Å². The van der Waals surface area contributed by atoms with Gasteiger partial charge in [0.25, 0.3) is 0 Å². The highest BCUT2D eigenvalue weighted by Crippen LogP contribution is 2.33. The predicted molar refractivity (Wildman–Crippen MR) is 74.3 cm³/mol. The Bertz CT molecular complexity index is 418. The summed E-state index contributed by atoms with van der Waals surface area (Å²) in [5.74, 6) is 0.0839. The maximum Gasteiger partial charge on any atom is 0.130 e. The third-order valence-electron chi connectivity index (χ3n) is 4.05. The molecule has 0 spiro atoms. The van der Waals surface area contributed by atoms with E-state index < -0.39 is 11.6 Å². The second kappa shape index (κ2) is 6.19. The predicted octanol–water partition coefficient (Wildman–Crippen LogP) is 4.24. The van der Waals surface area contributed by atoms with Gasteiger partial charge in [-0.15, -0.1) is 11.6 Å². The lowest BCUT2D eigenvalue weighted by Gasteiger charge is -2.39. The lowest BCUT2D eigenvalue weighted by molar-refractivity contribution is 0.206. The minimum atomic E-state index is -0.499. The molecule has 0 radical (unpaired) electrons. The first-order chi connectivity index (χ1) is 9.06. The number of alkyl halides is 1. The number of hydrogen-bond acceptors (Lipinski definition) is 1. The van der Waals surface area contributed by atoms with Crippen molar-refractivity contribution in [2.45, 2.75) is 44.7 Å². The van der Waals surface area contributed by atoms with Crippen LogP contribution in [-0.2, 0) is 6.54 Å². The molecule has 1 aliphatic carbocycles. The third kappa shape index (κ3) is 3.46. The van der Waals surface area contributed by atoms with Crippen molar-refractivity contribution < 1.29 is 8.78 Å². The fraction of sp³-hybridized carbons (Fsp3) is 0.600. The molecule has 0 amide bonds. The van der Waals surface area contributed by atoms with Crippen LogP contribution in [0.25, 0.3) is 0 Å². The van der Waals surface area contributed by atoms with Gasteiger partial charge in [-0.2, -0.15) is 0 Å². The summed E-state index contributed by atoms with van der Waals surface area (Å²) in [7, 11) is 0. The van der Waals surface area contributed by atoms with Gasteiger partial charge in [-0.25, -0.2) is 8.78 Å². The number of rotatable bonds is 4. The van der Waals surface area contributed by atoms with Gasteiger partial charge in [0.2, 0.25) is 0 Å². The standard InChI is InChI=1S/C15H20ClF2N/c1-11-4-3-7-15(8-11,10-16)19-9-12-13(17)5-2-6-14(12)18/h2,5-6,11,19H,3-4,7-10H2,1H3. The fourth-order valence-corrected chi connectivity index (χ4v) is 3.30. The Morgan fingerprint density at radius 2 is 2.05 bits per heavy atom. The first-order valence-electron chi connectivity index (χ1n) is 6.80. The molecule has 106 valence electrons. The van der Waals surface area contributed by atoms with Crippen molar-refractivity contribution in [1.29, 1.82) is 0 Å². The van der Waals surface area contributed by atoms with Gasteiger partial charge in [0.05, 0.1) is 0 Å². The minimum Gasteiger partial charge on any atom is -0.306 e. The zero-order chi connectivity index (χ0) is 13.9. The molecular weight excluding hydrogens is 268 g/mol. The molecule has 1 aromatic rings. The molecule has 1 saturated carbocycles. The molecule has 1 aromatic carbocycles. The maximum atomic E-state index is 13.6. The van der Waals surface area contributed by atoms with Gasteiger partial charge >= 0.3 is 0 Å². The SMILES string of the molecule is CC1CCCC(CCl)(NCc2c(F)cccc2F)C1. The van der Waals surface area contributed by atoms with Gasteiger partial charge in [0.15, 0.2) is 0 Å². The highest BCUT2D eigenvalue weighted by Gasteiger charge is 2.34. The fourth-order valence-electron chi connectivity index (χ4n) is 2.97. The van der Waals surface area contributed by atoms with Crippen LogP contribution >= 0.6 is 11.6 Å². The summed E-state index contributed by atoms with van der Waals surface area (Å²) in [6.45, 7) is 2.39. The molecule has 0 aromatic heterocycles. The molecule has 2 unspecified atom stereocenters. The minimum absolute atomic E-state index is 0.102. The molecular formula is C15H20ClF2N. The second-order valence-corrected chi connectivity index (χ2v) is 5.94. The topological polar surface area (TPSA) is 12.0 Å². The van der Waals surface area contributed by atoms with E-state index in [1.807, 2.05) is 0 Å². The monoisotopic (exact) mass is 287 g/mol. The molecule has 4 heteroatoms. The van der Waals surface area contributed by atoms with Crippen LogP contribution < -0.4 is 5.32 Å².